The summed E-state index contributed by atoms with van der Waals surface area (Å²) in [5.74, 6) is -0.514. The van der Waals surface area contributed by atoms with E-state index in [0.29, 0.717) is 34.4 Å². The fraction of sp³-hybridized carbons (Fsp3) is 0.227. The van der Waals surface area contributed by atoms with Gasteiger partial charge in [-0.05, 0) is 36.8 Å². The van der Waals surface area contributed by atoms with E-state index >= 15 is 0 Å². The molecule has 0 unspecified atom stereocenters. The summed E-state index contributed by atoms with van der Waals surface area (Å²) in [4.78, 5) is 22.3. The highest BCUT2D eigenvalue weighted by molar-refractivity contribution is 6.11. The lowest BCUT2D eigenvalue weighted by Crippen LogP contribution is -2.25. The minimum Gasteiger partial charge on any atom is -0.384 e. The lowest BCUT2D eigenvalue weighted by atomic mass is 10.2. The number of anilines is 1. The Morgan fingerprint density at radius 3 is 2.59 bits per heavy atom. The Morgan fingerprint density at radius 1 is 1.10 bits per heavy atom. The molecule has 3 N–H and O–H groups in total. The third-order valence-electron chi connectivity index (χ3n) is 4.86. The lowest BCUT2D eigenvalue weighted by molar-refractivity contribution is 0.0955. The summed E-state index contributed by atoms with van der Waals surface area (Å²) in [7, 11) is 0. The van der Waals surface area contributed by atoms with Crippen LogP contribution in [-0.2, 0) is 0 Å². The number of nitrogens with one attached hydrogen (secondary N) is 1. The molecule has 0 aliphatic heterocycles. The SMILES string of the molecule is CCCCCNC(=O)c1c(N)n(-c2cccc(F)c2)c2nc3ccccc3nc12. The fourth-order valence-corrected chi connectivity index (χ4v) is 3.43. The maximum atomic E-state index is 13.9. The van der Waals surface area contributed by atoms with Crippen LogP contribution in [0.5, 0.6) is 0 Å². The van der Waals surface area contributed by atoms with Crippen molar-refractivity contribution in [2.75, 3.05) is 12.3 Å². The van der Waals surface area contributed by atoms with E-state index in [2.05, 4.69) is 22.2 Å². The average molecular weight is 391 g/mol. The van der Waals surface area contributed by atoms with E-state index in [1.165, 1.54) is 12.1 Å². The topological polar surface area (TPSA) is 85.8 Å². The number of unbranched alkanes of at least 4 members (excludes halogenated alkanes) is 2. The number of fused-ring (bicyclic) bond motifs is 2. The van der Waals surface area contributed by atoms with Gasteiger partial charge in [0.15, 0.2) is 5.65 Å². The second-order valence-corrected chi connectivity index (χ2v) is 6.92. The molecule has 1 amide bonds. The zero-order valence-electron chi connectivity index (χ0n) is 16.2. The quantitative estimate of drug-likeness (QED) is 0.482. The first kappa shape index (κ1) is 18.9. The first-order valence-electron chi connectivity index (χ1n) is 9.71. The second-order valence-electron chi connectivity index (χ2n) is 6.92. The molecule has 2 aromatic heterocycles. The van der Waals surface area contributed by atoms with Crippen LogP contribution in [0.3, 0.4) is 0 Å². The molecule has 2 aromatic carbocycles. The van der Waals surface area contributed by atoms with Gasteiger partial charge in [-0.2, -0.15) is 0 Å². The van der Waals surface area contributed by atoms with Gasteiger partial charge in [-0.15, -0.1) is 0 Å². The highest BCUT2D eigenvalue weighted by Gasteiger charge is 2.24. The standard InChI is InChI=1S/C22H22FN5O/c1-2-3-6-12-25-22(29)18-19-21(27-17-11-5-4-10-16(17)26-19)28(20(18)24)15-9-7-8-14(23)13-15/h4-5,7-11,13H,2-3,6,12,24H2,1H3,(H,25,29). The highest BCUT2D eigenvalue weighted by Crippen LogP contribution is 2.31. The van der Waals surface area contributed by atoms with E-state index in [1.807, 2.05) is 24.3 Å². The average Bonchev–Trinajstić information content (AvgIpc) is 3.00. The van der Waals surface area contributed by atoms with Crippen LogP contribution in [0.2, 0.25) is 0 Å². The predicted molar refractivity (Wildman–Crippen MR) is 113 cm³/mol. The molecular weight excluding hydrogens is 369 g/mol. The monoisotopic (exact) mass is 391 g/mol. The van der Waals surface area contributed by atoms with E-state index in [1.54, 1.807) is 16.7 Å². The number of halogens is 1. The summed E-state index contributed by atoms with van der Waals surface area (Å²) < 4.78 is 15.5. The third kappa shape index (κ3) is 3.51. The normalized spacial score (nSPS) is 11.2. The van der Waals surface area contributed by atoms with Gasteiger partial charge in [0.05, 0.1) is 16.7 Å². The van der Waals surface area contributed by atoms with Crippen LogP contribution in [0.25, 0.3) is 27.9 Å². The van der Waals surface area contributed by atoms with Crippen LogP contribution < -0.4 is 11.1 Å². The van der Waals surface area contributed by atoms with Crippen molar-refractivity contribution < 1.29 is 9.18 Å². The van der Waals surface area contributed by atoms with Crippen molar-refractivity contribution in [3.63, 3.8) is 0 Å². The zero-order chi connectivity index (χ0) is 20.4. The number of carbonyl (C=O) groups is 1. The summed E-state index contributed by atoms with van der Waals surface area (Å²) in [6.07, 6.45) is 2.99. The van der Waals surface area contributed by atoms with Crippen LogP contribution in [-0.4, -0.2) is 27.0 Å². The molecule has 7 heteroatoms. The second kappa shape index (κ2) is 7.87. The van der Waals surface area contributed by atoms with Crippen molar-refractivity contribution in [1.82, 2.24) is 19.9 Å². The zero-order valence-corrected chi connectivity index (χ0v) is 16.2. The van der Waals surface area contributed by atoms with Crippen molar-refractivity contribution in [3.8, 4) is 5.69 Å². The minimum absolute atomic E-state index is 0.189. The lowest BCUT2D eigenvalue weighted by Gasteiger charge is -2.08. The molecule has 6 nitrogen and oxygen atoms in total. The third-order valence-corrected chi connectivity index (χ3v) is 4.86. The van der Waals surface area contributed by atoms with Crippen molar-refractivity contribution in [2.45, 2.75) is 26.2 Å². The predicted octanol–water partition coefficient (Wildman–Crippen LogP) is 4.22. The van der Waals surface area contributed by atoms with Gasteiger partial charge in [0.25, 0.3) is 5.91 Å². The molecule has 0 atom stereocenters. The number of nitrogens with zero attached hydrogens (tertiary/aromatic N) is 3. The Hall–Kier alpha value is -3.48. The van der Waals surface area contributed by atoms with E-state index < -0.39 is 5.82 Å². The van der Waals surface area contributed by atoms with Gasteiger partial charge in [0.1, 0.15) is 22.7 Å². The number of benzene rings is 2. The number of aromatic nitrogens is 3. The molecule has 0 bridgehead atoms. The number of nitrogens with two attached hydrogens (primary N) is 1. The Balaban J connectivity index is 1.91. The van der Waals surface area contributed by atoms with Crippen molar-refractivity contribution in [3.05, 3.63) is 59.9 Å². The highest BCUT2D eigenvalue weighted by atomic mass is 19.1. The van der Waals surface area contributed by atoms with Gasteiger partial charge in [0.2, 0.25) is 0 Å². The molecule has 0 aliphatic rings. The molecule has 29 heavy (non-hydrogen) atoms. The Labute approximate surface area is 167 Å². The minimum atomic E-state index is -0.400. The molecule has 148 valence electrons. The van der Waals surface area contributed by atoms with Crippen LogP contribution >= 0.6 is 0 Å². The molecule has 0 aliphatic carbocycles. The van der Waals surface area contributed by atoms with Crippen molar-refractivity contribution >= 4 is 33.9 Å². The van der Waals surface area contributed by atoms with Crippen LogP contribution in [0.15, 0.2) is 48.5 Å². The van der Waals surface area contributed by atoms with Crippen LogP contribution in [0.4, 0.5) is 10.2 Å². The first-order valence-corrected chi connectivity index (χ1v) is 9.71. The van der Waals surface area contributed by atoms with Gasteiger partial charge in [-0.1, -0.05) is 38.0 Å². The van der Waals surface area contributed by atoms with Gasteiger partial charge in [-0.25, -0.2) is 14.4 Å². The number of hydrogen-bond acceptors (Lipinski definition) is 4. The van der Waals surface area contributed by atoms with Crippen LogP contribution in [0, 0.1) is 5.82 Å². The van der Waals surface area contributed by atoms with Gasteiger partial charge in [0, 0.05) is 6.54 Å². The summed E-state index contributed by atoms with van der Waals surface area (Å²) in [6, 6.07) is 13.4. The fourth-order valence-electron chi connectivity index (χ4n) is 3.43. The summed E-state index contributed by atoms with van der Waals surface area (Å²) >= 11 is 0. The van der Waals surface area contributed by atoms with E-state index in [-0.39, 0.29) is 17.3 Å². The molecule has 4 aromatic rings. The number of amides is 1. The summed E-state index contributed by atoms with van der Waals surface area (Å²) in [5.41, 5.74) is 9.30. The van der Waals surface area contributed by atoms with Crippen LogP contribution in [0.1, 0.15) is 36.5 Å². The number of nitrogen functional groups attached to an aromatic ring is 1. The molecular formula is C22H22FN5O. The van der Waals surface area contributed by atoms with E-state index in [0.717, 1.165) is 19.3 Å². The summed E-state index contributed by atoms with van der Waals surface area (Å²) in [6.45, 7) is 2.66. The molecule has 0 saturated carbocycles. The Morgan fingerprint density at radius 2 is 1.86 bits per heavy atom. The number of para-hydroxylation sites is 2. The maximum absolute atomic E-state index is 13.9. The van der Waals surface area contributed by atoms with Crippen molar-refractivity contribution in [2.24, 2.45) is 0 Å². The molecule has 0 fully saturated rings. The molecule has 0 spiro atoms. The number of carbonyl (C=O) groups excluding carboxylic acids is 1. The molecule has 0 radical (unpaired) electrons. The molecule has 0 saturated heterocycles. The maximum Gasteiger partial charge on any atom is 0.257 e. The van der Waals surface area contributed by atoms with Gasteiger partial charge < -0.3 is 11.1 Å². The number of hydrogen-bond donors (Lipinski definition) is 2. The summed E-state index contributed by atoms with van der Waals surface area (Å²) in [5, 5.41) is 2.92. The van der Waals surface area contributed by atoms with E-state index in [9.17, 15) is 9.18 Å². The Kier molecular flexibility index (Phi) is 5.12. The van der Waals surface area contributed by atoms with Gasteiger partial charge in [-0.3, -0.25) is 9.36 Å². The molecule has 4 rings (SSSR count). The largest absolute Gasteiger partial charge is 0.384 e. The van der Waals surface area contributed by atoms with E-state index in [4.69, 9.17) is 5.73 Å². The smallest absolute Gasteiger partial charge is 0.257 e. The molecule has 2 heterocycles. The van der Waals surface area contributed by atoms with Gasteiger partial charge >= 0.3 is 0 Å². The van der Waals surface area contributed by atoms with Crippen molar-refractivity contribution in [1.29, 1.82) is 0 Å². The first-order chi connectivity index (χ1) is 14.1. The number of rotatable bonds is 6. The Bertz CT molecular complexity index is 1200.